The minimum absolute atomic E-state index is 0.230. The van der Waals surface area contributed by atoms with Gasteiger partial charge in [-0.1, -0.05) is 0 Å². The number of rotatable bonds is 6. The van der Waals surface area contributed by atoms with Crippen molar-refractivity contribution in [3.8, 4) is 0 Å². The fourth-order valence-corrected chi connectivity index (χ4v) is 2.11. The number of hydrogen-bond donors (Lipinski definition) is 1. The third-order valence-corrected chi connectivity index (χ3v) is 3.25. The van der Waals surface area contributed by atoms with Crippen molar-refractivity contribution >= 4 is 6.29 Å². The van der Waals surface area contributed by atoms with Crippen LogP contribution in [0, 0.1) is 5.41 Å². The molecule has 0 saturated carbocycles. The van der Waals surface area contributed by atoms with E-state index < -0.39 is 0 Å². The SMILES string of the molecule is CC(O)CCN(C)CC1(C=O)CCOCC1. The second-order valence-electron chi connectivity index (χ2n) is 4.97. The Morgan fingerprint density at radius 2 is 2.12 bits per heavy atom. The van der Waals surface area contributed by atoms with Crippen molar-refractivity contribution in [1.29, 1.82) is 0 Å². The lowest BCUT2D eigenvalue weighted by Gasteiger charge is -2.35. The molecular weight excluding hydrogens is 206 g/mol. The zero-order valence-electron chi connectivity index (χ0n) is 10.3. The van der Waals surface area contributed by atoms with Gasteiger partial charge in [0.1, 0.15) is 6.29 Å². The van der Waals surface area contributed by atoms with E-state index in [-0.39, 0.29) is 11.5 Å². The van der Waals surface area contributed by atoms with E-state index in [2.05, 4.69) is 4.90 Å². The Morgan fingerprint density at radius 3 is 2.62 bits per heavy atom. The van der Waals surface area contributed by atoms with E-state index in [0.29, 0.717) is 13.2 Å². The number of aliphatic hydroxyl groups is 1. The molecule has 1 unspecified atom stereocenters. The van der Waals surface area contributed by atoms with E-state index in [1.807, 2.05) is 7.05 Å². The lowest BCUT2D eigenvalue weighted by atomic mass is 9.81. The van der Waals surface area contributed by atoms with Gasteiger partial charge in [0.05, 0.1) is 6.10 Å². The predicted molar refractivity (Wildman–Crippen MR) is 62.3 cm³/mol. The van der Waals surface area contributed by atoms with Crippen LogP contribution in [0.15, 0.2) is 0 Å². The molecule has 1 rings (SSSR count). The number of aliphatic hydroxyl groups excluding tert-OH is 1. The van der Waals surface area contributed by atoms with Gasteiger partial charge in [-0.2, -0.15) is 0 Å². The Hall–Kier alpha value is -0.450. The molecule has 4 nitrogen and oxygen atoms in total. The molecule has 1 aliphatic rings. The van der Waals surface area contributed by atoms with Crippen LogP contribution < -0.4 is 0 Å². The van der Waals surface area contributed by atoms with Crippen molar-refractivity contribution in [2.75, 3.05) is 33.4 Å². The van der Waals surface area contributed by atoms with Crippen molar-refractivity contribution < 1.29 is 14.6 Å². The highest BCUT2D eigenvalue weighted by Crippen LogP contribution is 2.28. The van der Waals surface area contributed by atoms with Gasteiger partial charge in [-0.3, -0.25) is 0 Å². The van der Waals surface area contributed by atoms with Gasteiger partial charge in [-0.15, -0.1) is 0 Å². The van der Waals surface area contributed by atoms with Crippen LogP contribution in [-0.4, -0.2) is 55.7 Å². The fraction of sp³-hybridized carbons (Fsp3) is 0.917. The third-order valence-electron chi connectivity index (χ3n) is 3.25. The summed E-state index contributed by atoms with van der Waals surface area (Å²) in [6, 6.07) is 0. The molecule has 1 saturated heterocycles. The molecule has 0 radical (unpaired) electrons. The predicted octanol–water partition coefficient (Wildman–Crippen LogP) is 0.685. The van der Waals surface area contributed by atoms with Gasteiger partial charge >= 0.3 is 0 Å². The molecule has 1 heterocycles. The Labute approximate surface area is 97.6 Å². The second kappa shape index (κ2) is 6.33. The molecule has 0 amide bonds. The maximum absolute atomic E-state index is 11.2. The van der Waals surface area contributed by atoms with E-state index >= 15 is 0 Å². The van der Waals surface area contributed by atoms with Gasteiger partial charge in [-0.05, 0) is 33.2 Å². The standard InChI is InChI=1S/C12H23NO3/c1-11(15)3-6-13(2)9-12(10-14)4-7-16-8-5-12/h10-11,15H,3-9H2,1-2H3. The van der Waals surface area contributed by atoms with Crippen LogP contribution in [0.5, 0.6) is 0 Å². The Bertz CT molecular complexity index is 212. The molecule has 1 fully saturated rings. The highest BCUT2D eigenvalue weighted by Gasteiger charge is 2.33. The van der Waals surface area contributed by atoms with E-state index in [4.69, 9.17) is 4.74 Å². The van der Waals surface area contributed by atoms with Crippen LogP contribution in [0.25, 0.3) is 0 Å². The van der Waals surface area contributed by atoms with E-state index in [1.54, 1.807) is 6.92 Å². The van der Waals surface area contributed by atoms with Crippen molar-refractivity contribution in [2.24, 2.45) is 5.41 Å². The molecule has 1 aliphatic heterocycles. The van der Waals surface area contributed by atoms with Crippen LogP contribution >= 0.6 is 0 Å². The summed E-state index contributed by atoms with van der Waals surface area (Å²) in [5.41, 5.74) is -0.230. The first kappa shape index (κ1) is 13.6. The first-order valence-corrected chi connectivity index (χ1v) is 5.99. The molecule has 0 bridgehead atoms. The number of carbonyl (C=O) groups is 1. The van der Waals surface area contributed by atoms with Gasteiger partial charge in [0.2, 0.25) is 0 Å². The molecule has 1 N–H and O–H groups in total. The summed E-state index contributed by atoms with van der Waals surface area (Å²) in [5.74, 6) is 0. The number of nitrogens with zero attached hydrogens (tertiary/aromatic N) is 1. The van der Waals surface area contributed by atoms with Crippen molar-refractivity contribution in [2.45, 2.75) is 32.3 Å². The van der Waals surface area contributed by atoms with Crippen LogP contribution in [0.4, 0.5) is 0 Å². The van der Waals surface area contributed by atoms with E-state index in [1.165, 1.54) is 0 Å². The molecular formula is C12H23NO3. The maximum atomic E-state index is 11.2. The number of hydrogen-bond acceptors (Lipinski definition) is 4. The molecule has 16 heavy (non-hydrogen) atoms. The Morgan fingerprint density at radius 1 is 1.50 bits per heavy atom. The van der Waals surface area contributed by atoms with Crippen LogP contribution in [0.1, 0.15) is 26.2 Å². The summed E-state index contributed by atoms with van der Waals surface area (Å²) < 4.78 is 5.29. The van der Waals surface area contributed by atoms with Crippen LogP contribution in [0.2, 0.25) is 0 Å². The largest absolute Gasteiger partial charge is 0.393 e. The molecule has 1 atom stereocenters. The lowest BCUT2D eigenvalue weighted by molar-refractivity contribution is -0.122. The minimum Gasteiger partial charge on any atom is -0.393 e. The fourth-order valence-electron chi connectivity index (χ4n) is 2.11. The van der Waals surface area contributed by atoms with Gasteiger partial charge < -0.3 is 19.5 Å². The zero-order valence-corrected chi connectivity index (χ0v) is 10.3. The van der Waals surface area contributed by atoms with E-state index in [0.717, 1.165) is 38.6 Å². The molecule has 0 spiro atoms. The highest BCUT2D eigenvalue weighted by atomic mass is 16.5. The minimum atomic E-state index is -0.274. The lowest BCUT2D eigenvalue weighted by Crippen LogP contribution is -2.41. The van der Waals surface area contributed by atoms with Gasteiger partial charge in [0.15, 0.2) is 0 Å². The Kier molecular flexibility index (Phi) is 5.38. The van der Waals surface area contributed by atoms with E-state index in [9.17, 15) is 9.90 Å². The molecule has 0 aromatic carbocycles. The normalized spacial score (nSPS) is 22.0. The third kappa shape index (κ3) is 4.20. The van der Waals surface area contributed by atoms with Gasteiger partial charge in [0.25, 0.3) is 0 Å². The summed E-state index contributed by atoms with van der Waals surface area (Å²) in [7, 11) is 2.00. The summed E-state index contributed by atoms with van der Waals surface area (Å²) in [5, 5.41) is 9.21. The van der Waals surface area contributed by atoms with Crippen molar-refractivity contribution in [3.05, 3.63) is 0 Å². The summed E-state index contributed by atoms with van der Waals surface area (Å²) in [4.78, 5) is 13.4. The summed E-state index contributed by atoms with van der Waals surface area (Å²) >= 11 is 0. The first-order chi connectivity index (χ1) is 7.58. The maximum Gasteiger partial charge on any atom is 0.127 e. The van der Waals surface area contributed by atoms with Crippen molar-refractivity contribution in [1.82, 2.24) is 4.90 Å². The molecule has 0 aromatic rings. The Balaban J connectivity index is 2.39. The zero-order chi connectivity index (χ0) is 12.0. The average molecular weight is 229 g/mol. The summed E-state index contributed by atoms with van der Waals surface area (Å²) in [6.45, 7) is 4.75. The smallest absolute Gasteiger partial charge is 0.127 e. The number of ether oxygens (including phenoxy) is 1. The monoisotopic (exact) mass is 229 g/mol. The van der Waals surface area contributed by atoms with Crippen LogP contribution in [0.3, 0.4) is 0 Å². The number of aldehydes is 1. The first-order valence-electron chi connectivity index (χ1n) is 5.99. The topological polar surface area (TPSA) is 49.8 Å². The van der Waals surface area contributed by atoms with Gasteiger partial charge in [-0.25, -0.2) is 0 Å². The second-order valence-corrected chi connectivity index (χ2v) is 4.97. The molecule has 94 valence electrons. The number of carbonyl (C=O) groups excluding carboxylic acids is 1. The quantitative estimate of drug-likeness (QED) is 0.681. The molecule has 0 aromatic heterocycles. The molecule has 0 aliphatic carbocycles. The highest BCUT2D eigenvalue weighted by molar-refractivity contribution is 5.60. The van der Waals surface area contributed by atoms with Crippen molar-refractivity contribution in [3.63, 3.8) is 0 Å². The average Bonchev–Trinajstić information content (AvgIpc) is 2.28. The molecule has 4 heteroatoms. The van der Waals surface area contributed by atoms with Gasteiger partial charge in [0, 0.05) is 31.7 Å². The summed E-state index contributed by atoms with van der Waals surface area (Å²) in [6.07, 6.45) is 3.20. The van der Waals surface area contributed by atoms with Crippen LogP contribution in [-0.2, 0) is 9.53 Å².